The molecule has 0 amide bonds. The molecule has 0 aliphatic heterocycles. The highest BCUT2D eigenvalue weighted by atomic mass is 16.4. The number of azo groups is 1. The van der Waals surface area contributed by atoms with E-state index in [2.05, 4.69) is 15.5 Å². The van der Waals surface area contributed by atoms with E-state index in [0.717, 1.165) is 16.9 Å². The number of hydrogen-bond donors (Lipinski definition) is 2. The number of anilines is 1. The van der Waals surface area contributed by atoms with Crippen LogP contribution in [0.15, 0.2) is 95.2 Å². The molecule has 130 valence electrons. The van der Waals surface area contributed by atoms with Crippen LogP contribution in [0.4, 0.5) is 17.1 Å². The zero-order valence-corrected chi connectivity index (χ0v) is 14.1. The van der Waals surface area contributed by atoms with Crippen molar-refractivity contribution in [3.8, 4) is 0 Å². The van der Waals surface area contributed by atoms with E-state index in [-0.39, 0.29) is 0 Å². The van der Waals surface area contributed by atoms with Crippen molar-refractivity contribution in [2.24, 2.45) is 10.2 Å². The number of aliphatic carboxylic acids is 1. The SMILES string of the molecule is O=C(O)[C@H](Cc1ccccc1)Nc1ccc(N=Nc2ccccc2)cc1. The van der Waals surface area contributed by atoms with Gasteiger partial charge < -0.3 is 10.4 Å². The van der Waals surface area contributed by atoms with E-state index in [0.29, 0.717) is 12.1 Å². The molecule has 2 N–H and O–H groups in total. The molecular formula is C21H19N3O2. The third-order valence-corrected chi connectivity index (χ3v) is 3.83. The normalized spacial score (nSPS) is 12.0. The molecule has 26 heavy (non-hydrogen) atoms. The van der Waals surface area contributed by atoms with Gasteiger partial charge in [0.1, 0.15) is 6.04 Å². The van der Waals surface area contributed by atoms with Gasteiger partial charge in [0.05, 0.1) is 11.4 Å². The Hall–Kier alpha value is -3.47. The Morgan fingerprint density at radius 3 is 1.92 bits per heavy atom. The van der Waals surface area contributed by atoms with Crippen molar-refractivity contribution in [2.75, 3.05) is 5.32 Å². The predicted molar refractivity (Wildman–Crippen MR) is 102 cm³/mol. The summed E-state index contributed by atoms with van der Waals surface area (Å²) in [4.78, 5) is 11.5. The first kappa shape index (κ1) is 17.4. The van der Waals surface area contributed by atoms with Crippen molar-refractivity contribution in [3.63, 3.8) is 0 Å². The molecule has 3 rings (SSSR count). The Morgan fingerprint density at radius 1 is 0.808 bits per heavy atom. The standard InChI is InChI=1S/C21H19N3O2/c25-21(26)20(15-16-7-3-1-4-8-16)22-17-11-13-19(14-12-17)24-23-18-9-5-2-6-10-18/h1-14,20,22H,15H2,(H,25,26)/t20-/m0/s1. The number of benzene rings is 3. The second kappa shape index (κ2) is 8.58. The molecule has 0 bridgehead atoms. The Kier molecular flexibility index (Phi) is 5.72. The molecule has 5 nitrogen and oxygen atoms in total. The minimum atomic E-state index is -0.887. The van der Waals surface area contributed by atoms with Crippen LogP contribution in [-0.4, -0.2) is 17.1 Å². The Bertz CT molecular complexity index is 863. The van der Waals surface area contributed by atoms with Crippen LogP contribution in [0.25, 0.3) is 0 Å². The van der Waals surface area contributed by atoms with Crippen molar-refractivity contribution >= 4 is 23.0 Å². The molecule has 0 saturated carbocycles. The van der Waals surface area contributed by atoms with Gasteiger partial charge in [0.15, 0.2) is 0 Å². The summed E-state index contributed by atoms with van der Waals surface area (Å²) in [7, 11) is 0. The molecule has 3 aromatic carbocycles. The second-order valence-electron chi connectivity index (χ2n) is 5.81. The van der Waals surface area contributed by atoms with Crippen molar-refractivity contribution < 1.29 is 9.90 Å². The van der Waals surface area contributed by atoms with Gasteiger partial charge in [-0.05, 0) is 42.0 Å². The Balaban J connectivity index is 1.65. The van der Waals surface area contributed by atoms with Crippen LogP contribution < -0.4 is 5.32 Å². The quantitative estimate of drug-likeness (QED) is 0.577. The van der Waals surface area contributed by atoms with Crippen molar-refractivity contribution in [1.82, 2.24) is 0 Å². The van der Waals surface area contributed by atoms with Crippen LogP contribution in [0.1, 0.15) is 5.56 Å². The highest BCUT2D eigenvalue weighted by Gasteiger charge is 2.17. The molecule has 3 aromatic rings. The fourth-order valence-corrected chi connectivity index (χ4v) is 2.49. The molecule has 0 spiro atoms. The number of carboxylic acids is 1. The summed E-state index contributed by atoms with van der Waals surface area (Å²) in [6.07, 6.45) is 0.408. The lowest BCUT2D eigenvalue weighted by Crippen LogP contribution is -2.31. The summed E-state index contributed by atoms with van der Waals surface area (Å²) in [5.41, 5.74) is 3.19. The fourth-order valence-electron chi connectivity index (χ4n) is 2.49. The lowest BCUT2D eigenvalue weighted by molar-refractivity contribution is -0.137. The second-order valence-corrected chi connectivity index (χ2v) is 5.81. The molecule has 0 fully saturated rings. The van der Waals surface area contributed by atoms with E-state index in [4.69, 9.17) is 0 Å². The van der Waals surface area contributed by atoms with Crippen LogP contribution in [0.5, 0.6) is 0 Å². The maximum atomic E-state index is 11.5. The van der Waals surface area contributed by atoms with E-state index in [1.165, 1.54) is 0 Å². The maximum Gasteiger partial charge on any atom is 0.326 e. The highest BCUT2D eigenvalue weighted by Crippen LogP contribution is 2.21. The summed E-state index contributed by atoms with van der Waals surface area (Å²) in [6.45, 7) is 0. The average molecular weight is 345 g/mol. The lowest BCUT2D eigenvalue weighted by atomic mass is 10.1. The lowest BCUT2D eigenvalue weighted by Gasteiger charge is -2.16. The summed E-state index contributed by atoms with van der Waals surface area (Å²) in [6, 6.07) is 25.6. The van der Waals surface area contributed by atoms with Crippen LogP contribution in [0.3, 0.4) is 0 Å². The fraction of sp³-hybridized carbons (Fsp3) is 0.0952. The summed E-state index contributed by atoms with van der Waals surface area (Å²) in [5, 5.41) is 20.9. The van der Waals surface area contributed by atoms with Gasteiger partial charge in [-0.25, -0.2) is 4.79 Å². The Labute approximate surface area is 152 Å². The molecule has 0 aliphatic carbocycles. The summed E-state index contributed by atoms with van der Waals surface area (Å²) in [5.74, 6) is -0.887. The topological polar surface area (TPSA) is 74.0 Å². The van der Waals surface area contributed by atoms with Gasteiger partial charge in [-0.3, -0.25) is 0 Å². The highest BCUT2D eigenvalue weighted by molar-refractivity contribution is 5.77. The third kappa shape index (κ3) is 5.01. The first-order valence-corrected chi connectivity index (χ1v) is 8.31. The zero-order valence-electron chi connectivity index (χ0n) is 14.1. The number of rotatable bonds is 7. The molecule has 0 aromatic heterocycles. The summed E-state index contributed by atoms with van der Waals surface area (Å²) >= 11 is 0. The van der Waals surface area contributed by atoms with Gasteiger partial charge in [-0.15, -0.1) is 0 Å². The molecule has 0 heterocycles. The van der Waals surface area contributed by atoms with Crippen LogP contribution in [0.2, 0.25) is 0 Å². The summed E-state index contributed by atoms with van der Waals surface area (Å²) < 4.78 is 0. The van der Waals surface area contributed by atoms with E-state index in [9.17, 15) is 9.90 Å². The van der Waals surface area contributed by atoms with Crippen LogP contribution in [0, 0.1) is 0 Å². The largest absolute Gasteiger partial charge is 0.480 e. The first-order valence-electron chi connectivity index (χ1n) is 8.31. The number of hydrogen-bond acceptors (Lipinski definition) is 4. The van der Waals surface area contributed by atoms with E-state index in [1.54, 1.807) is 24.3 Å². The maximum absolute atomic E-state index is 11.5. The van der Waals surface area contributed by atoms with E-state index in [1.807, 2.05) is 60.7 Å². The number of nitrogens with zero attached hydrogens (tertiary/aromatic N) is 2. The minimum absolute atomic E-state index is 0.408. The molecule has 0 saturated heterocycles. The van der Waals surface area contributed by atoms with Gasteiger partial charge in [0.2, 0.25) is 0 Å². The molecule has 0 unspecified atom stereocenters. The smallest absolute Gasteiger partial charge is 0.326 e. The minimum Gasteiger partial charge on any atom is -0.480 e. The van der Waals surface area contributed by atoms with Crippen LogP contribution in [-0.2, 0) is 11.2 Å². The zero-order chi connectivity index (χ0) is 18.2. The van der Waals surface area contributed by atoms with E-state index < -0.39 is 12.0 Å². The third-order valence-electron chi connectivity index (χ3n) is 3.83. The molecule has 1 atom stereocenters. The molecule has 0 aliphatic rings. The predicted octanol–water partition coefficient (Wildman–Crippen LogP) is 5.21. The number of carboxylic acid groups (broad SMARTS) is 1. The van der Waals surface area contributed by atoms with Gasteiger partial charge in [0.25, 0.3) is 0 Å². The van der Waals surface area contributed by atoms with Gasteiger partial charge in [-0.2, -0.15) is 10.2 Å². The monoisotopic (exact) mass is 345 g/mol. The number of nitrogens with one attached hydrogen (secondary N) is 1. The van der Waals surface area contributed by atoms with Crippen molar-refractivity contribution in [3.05, 3.63) is 90.5 Å². The van der Waals surface area contributed by atoms with Crippen molar-refractivity contribution in [1.29, 1.82) is 0 Å². The van der Waals surface area contributed by atoms with Gasteiger partial charge in [-0.1, -0.05) is 48.5 Å². The van der Waals surface area contributed by atoms with Crippen LogP contribution >= 0.6 is 0 Å². The average Bonchev–Trinajstić information content (AvgIpc) is 2.68. The van der Waals surface area contributed by atoms with E-state index >= 15 is 0 Å². The molecule has 0 radical (unpaired) electrons. The first-order chi connectivity index (χ1) is 12.7. The molecule has 5 heteroatoms. The molecular weight excluding hydrogens is 326 g/mol. The Morgan fingerprint density at radius 2 is 1.35 bits per heavy atom. The van der Waals surface area contributed by atoms with Gasteiger partial charge >= 0.3 is 5.97 Å². The van der Waals surface area contributed by atoms with Crippen molar-refractivity contribution in [2.45, 2.75) is 12.5 Å². The number of carbonyl (C=O) groups is 1. The van der Waals surface area contributed by atoms with Gasteiger partial charge in [0, 0.05) is 12.1 Å².